The van der Waals surface area contributed by atoms with E-state index >= 15 is 0 Å². The summed E-state index contributed by atoms with van der Waals surface area (Å²) >= 11 is 11.4. The number of rotatable bonds is 4. The van der Waals surface area contributed by atoms with E-state index in [-0.39, 0.29) is 12.4 Å². The largest absolute Gasteiger partial charge is 0.444 e. The number of ether oxygens (including phenoxy) is 1. The van der Waals surface area contributed by atoms with Crippen molar-refractivity contribution in [2.45, 2.75) is 58.0 Å². The summed E-state index contributed by atoms with van der Waals surface area (Å²) in [5, 5.41) is 1.50. The molecule has 1 aliphatic heterocycles. The molecule has 0 aromatic heterocycles. The molecule has 0 aliphatic carbocycles. The summed E-state index contributed by atoms with van der Waals surface area (Å²) in [6.07, 6.45) is -6.24. The van der Waals surface area contributed by atoms with Crippen molar-refractivity contribution >= 4 is 40.8 Å². The molecule has 1 heterocycles. The summed E-state index contributed by atoms with van der Waals surface area (Å²) in [6, 6.07) is 6.61. The summed E-state index contributed by atoms with van der Waals surface area (Å²) in [6.45, 7) is 7.15. The smallest absolute Gasteiger partial charge is 0.424 e. The third kappa shape index (κ3) is 6.17. The number of alkyl halides is 3. The Balaban J connectivity index is 1.86. The first-order valence-corrected chi connectivity index (χ1v) is 11.2. The van der Waals surface area contributed by atoms with Crippen LogP contribution in [0, 0.1) is 12.7 Å². The molecule has 0 radical (unpaired) electrons. The highest BCUT2D eigenvalue weighted by molar-refractivity contribution is 6.35. The Bertz CT molecular complexity index is 1140. The zero-order valence-corrected chi connectivity index (χ0v) is 20.8. The molecule has 1 saturated heterocycles. The highest BCUT2D eigenvalue weighted by Gasteiger charge is 2.62. The molecule has 35 heavy (non-hydrogen) atoms. The fourth-order valence-corrected chi connectivity index (χ4v) is 3.83. The molecule has 1 aliphatic rings. The Morgan fingerprint density at radius 2 is 1.83 bits per heavy atom. The van der Waals surface area contributed by atoms with Crippen molar-refractivity contribution in [3.63, 3.8) is 0 Å². The van der Waals surface area contributed by atoms with E-state index in [0.29, 0.717) is 11.3 Å². The van der Waals surface area contributed by atoms with Crippen LogP contribution in [0.25, 0.3) is 0 Å². The molecule has 1 unspecified atom stereocenters. The maximum atomic E-state index is 14.1. The van der Waals surface area contributed by atoms with Gasteiger partial charge in [-0.2, -0.15) is 13.2 Å². The van der Waals surface area contributed by atoms with Crippen LogP contribution in [-0.4, -0.2) is 23.7 Å². The lowest BCUT2D eigenvalue weighted by Gasteiger charge is -2.29. The normalized spacial score (nSPS) is 19.5. The van der Waals surface area contributed by atoms with Gasteiger partial charge in [-0.1, -0.05) is 29.3 Å². The molecule has 2 aromatic rings. The van der Waals surface area contributed by atoms with Crippen LogP contribution < -0.4 is 10.8 Å². The molecule has 12 heteroatoms. The minimum absolute atomic E-state index is 0.117. The molecule has 6 nitrogen and oxygen atoms in total. The third-order valence-corrected chi connectivity index (χ3v) is 5.64. The summed E-state index contributed by atoms with van der Waals surface area (Å²) in [7, 11) is 0. The van der Waals surface area contributed by atoms with Crippen molar-refractivity contribution < 1.29 is 31.9 Å². The molecule has 1 fully saturated rings. The van der Waals surface area contributed by atoms with Gasteiger partial charge in [-0.05, 0) is 68.7 Å². The molecule has 190 valence electrons. The number of benzene rings is 2. The highest BCUT2D eigenvalue weighted by Crippen LogP contribution is 2.48. The van der Waals surface area contributed by atoms with Crippen LogP contribution in [0.15, 0.2) is 35.3 Å². The number of hydrogen-bond acceptors (Lipinski definition) is 4. The first-order chi connectivity index (χ1) is 16.1. The molecular formula is C23H23Cl2F4N3O3. The number of alkyl carbamates (subject to hydrolysis) is 1. The van der Waals surface area contributed by atoms with Crippen LogP contribution >= 0.6 is 23.2 Å². The number of nitrogens with one attached hydrogen (secondary N) is 2. The van der Waals surface area contributed by atoms with Gasteiger partial charge < -0.3 is 10.1 Å². The van der Waals surface area contributed by atoms with Crippen LogP contribution in [0.3, 0.4) is 0 Å². The van der Waals surface area contributed by atoms with Gasteiger partial charge in [-0.15, -0.1) is 0 Å². The zero-order chi connectivity index (χ0) is 26.2. The van der Waals surface area contributed by atoms with E-state index in [1.807, 2.05) is 6.92 Å². The molecule has 0 spiro atoms. The average molecular weight is 536 g/mol. The number of amidine groups is 1. The summed E-state index contributed by atoms with van der Waals surface area (Å²) < 4.78 is 61.4. The minimum atomic E-state index is -4.91. The van der Waals surface area contributed by atoms with E-state index in [9.17, 15) is 22.4 Å². The summed E-state index contributed by atoms with van der Waals surface area (Å²) in [5.74, 6) is -1.14. The van der Waals surface area contributed by atoms with Gasteiger partial charge in [-0.25, -0.2) is 14.2 Å². The Hall–Kier alpha value is -2.56. The van der Waals surface area contributed by atoms with Gasteiger partial charge in [0.2, 0.25) is 5.60 Å². The van der Waals surface area contributed by atoms with Crippen LogP contribution in [0.4, 0.5) is 28.0 Å². The fourth-order valence-electron chi connectivity index (χ4n) is 3.34. The lowest BCUT2D eigenvalue weighted by molar-refractivity contribution is -0.282. The second-order valence-electron chi connectivity index (χ2n) is 8.98. The van der Waals surface area contributed by atoms with Gasteiger partial charge >= 0.3 is 12.3 Å². The Labute approximate surface area is 209 Å². The maximum absolute atomic E-state index is 14.1. The van der Waals surface area contributed by atoms with E-state index < -0.39 is 51.3 Å². The van der Waals surface area contributed by atoms with E-state index in [0.717, 1.165) is 17.7 Å². The average Bonchev–Trinajstić information content (AvgIpc) is 3.16. The topological polar surface area (TPSA) is 72.0 Å². The number of hydroxylamine groups is 1. The number of aliphatic imine (C=N–C) groups is 1. The van der Waals surface area contributed by atoms with Gasteiger partial charge in [0.25, 0.3) is 0 Å². The monoisotopic (exact) mass is 535 g/mol. The fraction of sp³-hybridized carbons (Fsp3) is 0.391. The van der Waals surface area contributed by atoms with Crippen molar-refractivity contribution in [1.82, 2.24) is 10.8 Å². The van der Waals surface area contributed by atoms with Crippen LogP contribution in [-0.2, 0) is 21.7 Å². The lowest BCUT2D eigenvalue weighted by atomic mass is 9.90. The minimum Gasteiger partial charge on any atom is -0.444 e. The predicted octanol–water partition coefficient (Wildman–Crippen LogP) is 6.88. The molecule has 0 saturated carbocycles. The number of nitrogens with zero attached hydrogens (tertiary/aromatic N) is 1. The predicted molar refractivity (Wildman–Crippen MR) is 124 cm³/mol. The highest BCUT2D eigenvalue weighted by atomic mass is 35.5. The first kappa shape index (κ1) is 27.0. The molecule has 0 bridgehead atoms. The SMILES string of the molecule is Cc1ccc(N=C2CC(c3cc(Cl)c(F)c(Cl)c3)(C(F)(F)F)ON2)cc1CNC(=O)OC(C)(C)C. The van der Waals surface area contributed by atoms with Crippen LogP contribution in [0.5, 0.6) is 0 Å². The van der Waals surface area contributed by atoms with Gasteiger partial charge in [0.05, 0.1) is 22.2 Å². The second-order valence-corrected chi connectivity index (χ2v) is 9.80. The summed E-state index contributed by atoms with van der Waals surface area (Å²) in [4.78, 5) is 21.2. The Kier molecular flexibility index (Phi) is 7.59. The maximum Gasteiger partial charge on any atom is 0.424 e. The Morgan fingerprint density at radius 1 is 1.20 bits per heavy atom. The molecule has 2 N–H and O–H groups in total. The number of amides is 1. The number of hydrogen-bond donors (Lipinski definition) is 2. The van der Waals surface area contributed by atoms with Gasteiger partial charge in [0.1, 0.15) is 11.4 Å². The van der Waals surface area contributed by atoms with Crippen LogP contribution in [0.1, 0.15) is 43.9 Å². The lowest BCUT2D eigenvalue weighted by Crippen LogP contribution is -2.42. The van der Waals surface area contributed by atoms with Gasteiger partial charge in [0.15, 0.2) is 5.82 Å². The van der Waals surface area contributed by atoms with Crippen LogP contribution in [0.2, 0.25) is 10.0 Å². The molecule has 2 aromatic carbocycles. The Morgan fingerprint density at radius 3 is 2.40 bits per heavy atom. The first-order valence-electron chi connectivity index (χ1n) is 10.4. The number of carbonyl (C=O) groups is 1. The number of aryl methyl sites for hydroxylation is 1. The van der Waals surface area contributed by atoms with Gasteiger partial charge in [-0.3, -0.25) is 10.3 Å². The quantitative estimate of drug-likeness (QED) is 0.330. The van der Waals surface area contributed by atoms with E-state index in [1.54, 1.807) is 39.0 Å². The molecular weight excluding hydrogens is 513 g/mol. The number of carbonyl (C=O) groups excluding carboxylic acids is 1. The molecule has 1 atom stereocenters. The van der Waals surface area contributed by atoms with E-state index in [4.69, 9.17) is 32.8 Å². The van der Waals surface area contributed by atoms with Gasteiger partial charge in [0, 0.05) is 6.54 Å². The zero-order valence-electron chi connectivity index (χ0n) is 19.2. The van der Waals surface area contributed by atoms with E-state index in [1.165, 1.54) is 0 Å². The van der Waals surface area contributed by atoms with Crippen molar-refractivity contribution in [3.05, 3.63) is 62.9 Å². The molecule has 1 amide bonds. The van der Waals surface area contributed by atoms with E-state index in [2.05, 4.69) is 15.8 Å². The molecule has 3 rings (SSSR count). The second kappa shape index (κ2) is 9.83. The third-order valence-electron chi connectivity index (χ3n) is 5.09. The summed E-state index contributed by atoms with van der Waals surface area (Å²) in [5.41, 5.74) is 0.0738. The van der Waals surface area contributed by atoms with Crippen molar-refractivity contribution in [2.24, 2.45) is 4.99 Å². The standard InChI is InChI=1S/C23H23Cl2F4N3O3/c1-12-5-6-15(7-13(12)11-30-20(33)34-21(2,3)4)31-18-10-22(35-32-18,23(27,28)29)14-8-16(24)19(26)17(25)9-14/h5-9H,10-11H2,1-4H3,(H,30,33)(H,31,32). The van der Waals surface area contributed by atoms with Crippen molar-refractivity contribution in [2.75, 3.05) is 0 Å². The van der Waals surface area contributed by atoms with Crippen molar-refractivity contribution in [1.29, 1.82) is 0 Å². The number of halogens is 6. The van der Waals surface area contributed by atoms with Crippen molar-refractivity contribution in [3.8, 4) is 0 Å².